The van der Waals surface area contributed by atoms with Gasteiger partial charge in [-0.15, -0.1) is 0 Å². The highest BCUT2D eigenvalue weighted by molar-refractivity contribution is 5.90. The smallest absolute Gasteiger partial charge is 0.338 e. The zero-order valence-electron chi connectivity index (χ0n) is 15.0. The van der Waals surface area contributed by atoms with E-state index < -0.39 is 29.6 Å². The molecule has 0 unspecified atom stereocenters. The van der Waals surface area contributed by atoms with Crippen molar-refractivity contribution in [2.24, 2.45) is 0 Å². The quantitative estimate of drug-likeness (QED) is 0.698. The van der Waals surface area contributed by atoms with Crippen LogP contribution in [0.1, 0.15) is 22.3 Å². The molecule has 4 rings (SSSR count). The number of ether oxygens (including phenoxy) is 4. The van der Waals surface area contributed by atoms with E-state index in [1.54, 1.807) is 30.3 Å². The first-order valence-corrected chi connectivity index (χ1v) is 8.86. The number of methoxy groups -OCH3 is 1. The van der Waals surface area contributed by atoms with E-state index >= 15 is 4.39 Å². The molecule has 2 fully saturated rings. The molecular weight excluding hydrogens is 351 g/mol. The predicted molar refractivity (Wildman–Crippen MR) is 94.8 cm³/mol. The maximum absolute atomic E-state index is 15.5. The molecule has 0 aromatic heterocycles. The highest BCUT2D eigenvalue weighted by Gasteiger charge is 2.85. The summed E-state index contributed by atoms with van der Waals surface area (Å²) in [6.45, 7) is 0.404. The molecular formula is C21H21FO5. The molecule has 2 aromatic rings. The third kappa shape index (κ3) is 3.14. The summed E-state index contributed by atoms with van der Waals surface area (Å²) >= 11 is 0. The van der Waals surface area contributed by atoms with Crippen molar-refractivity contribution in [3.05, 3.63) is 71.8 Å². The highest BCUT2D eigenvalue weighted by Crippen LogP contribution is 2.65. The Hall–Kier alpha value is -2.28. The number of rotatable bonds is 7. The molecule has 0 radical (unpaired) electrons. The fraction of sp³-hybridized carbons (Fsp3) is 0.381. The van der Waals surface area contributed by atoms with Gasteiger partial charge in [-0.05, 0) is 17.7 Å². The van der Waals surface area contributed by atoms with Crippen LogP contribution in [0.4, 0.5) is 4.39 Å². The number of benzene rings is 2. The van der Waals surface area contributed by atoms with Crippen molar-refractivity contribution in [3.8, 4) is 0 Å². The minimum absolute atomic E-state index is 0.0381. The van der Waals surface area contributed by atoms with Gasteiger partial charge < -0.3 is 18.9 Å². The first-order valence-electron chi connectivity index (χ1n) is 8.86. The molecule has 6 heteroatoms. The van der Waals surface area contributed by atoms with Gasteiger partial charge in [0.15, 0.2) is 5.67 Å². The summed E-state index contributed by atoms with van der Waals surface area (Å²) in [7, 11) is 1.41. The molecule has 27 heavy (non-hydrogen) atoms. The van der Waals surface area contributed by atoms with E-state index in [1.165, 1.54) is 7.11 Å². The van der Waals surface area contributed by atoms with E-state index in [0.29, 0.717) is 12.2 Å². The van der Waals surface area contributed by atoms with Crippen LogP contribution in [-0.4, -0.2) is 43.3 Å². The molecule has 1 aliphatic heterocycles. The lowest BCUT2D eigenvalue weighted by Crippen LogP contribution is -2.36. The summed E-state index contributed by atoms with van der Waals surface area (Å²) in [6, 6.07) is 18.1. The number of carbonyl (C=O) groups is 1. The molecule has 0 N–H and O–H groups in total. The Morgan fingerprint density at radius 2 is 1.81 bits per heavy atom. The average molecular weight is 372 g/mol. The second kappa shape index (κ2) is 7.03. The van der Waals surface area contributed by atoms with Crippen LogP contribution in [-0.2, 0) is 25.6 Å². The first kappa shape index (κ1) is 18.1. The molecule has 0 spiro atoms. The number of fused-ring (bicyclic) bond motifs is 1. The fourth-order valence-electron chi connectivity index (χ4n) is 3.61. The van der Waals surface area contributed by atoms with Gasteiger partial charge in [0.05, 0.1) is 18.8 Å². The standard InChI is InChI=1S/C21H21FO5/c1-24-19-21(27-18(23)16-10-6-3-7-11-16)14-20(21,22)17(26-19)13-25-12-15-8-4-2-5-9-15/h2-11,17,19H,12-14H2,1H3/t17-,19+,20+,21+/m1/s1. The summed E-state index contributed by atoms with van der Waals surface area (Å²) in [5.41, 5.74) is -1.88. The number of halogens is 1. The third-order valence-corrected chi connectivity index (χ3v) is 5.16. The van der Waals surface area contributed by atoms with Gasteiger partial charge in [-0.1, -0.05) is 48.5 Å². The Morgan fingerprint density at radius 3 is 2.48 bits per heavy atom. The van der Waals surface area contributed by atoms with Crippen molar-refractivity contribution >= 4 is 5.97 Å². The number of alkyl halides is 1. The van der Waals surface area contributed by atoms with Crippen molar-refractivity contribution in [1.82, 2.24) is 0 Å². The minimum Gasteiger partial charge on any atom is -0.446 e. The zero-order chi connectivity index (χ0) is 18.9. The van der Waals surface area contributed by atoms with Crippen molar-refractivity contribution in [1.29, 1.82) is 0 Å². The molecule has 5 nitrogen and oxygen atoms in total. The lowest BCUT2D eigenvalue weighted by atomic mass is 10.1. The van der Waals surface area contributed by atoms with Crippen LogP contribution in [0.2, 0.25) is 0 Å². The largest absolute Gasteiger partial charge is 0.446 e. The van der Waals surface area contributed by atoms with Crippen LogP contribution >= 0.6 is 0 Å². The summed E-state index contributed by atoms with van der Waals surface area (Å²) in [5, 5.41) is 0. The average Bonchev–Trinajstić information content (AvgIpc) is 3.24. The summed E-state index contributed by atoms with van der Waals surface area (Å²) < 4.78 is 37.6. The van der Waals surface area contributed by atoms with Crippen molar-refractivity contribution < 1.29 is 28.1 Å². The Bertz CT molecular complexity index is 799. The van der Waals surface area contributed by atoms with Gasteiger partial charge in [0, 0.05) is 13.5 Å². The van der Waals surface area contributed by atoms with Gasteiger partial charge in [-0.2, -0.15) is 0 Å². The van der Waals surface area contributed by atoms with Crippen LogP contribution in [0.3, 0.4) is 0 Å². The van der Waals surface area contributed by atoms with Gasteiger partial charge >= 0.3 is 5.97 Å². The highest BCUT2D eigenvalue weighted by atomic mass is 19.1. The molecule has 2 aromatic carbocycles. The normalized spacial score (nSPS) is 31.3. The third-order valence-electron chi connectivity index (χ3n) is 5.16. The van der Waals surface area contributed by atoms with Gasteiger partial charge in [0.25, 0.3) is 0 Å². The Labute approximate surface area is 157 Å². The van der Waals surface area contributed by atoms with Crippen LogP contribution in [0.15, 0.2) is 60.7 Å². The second-order valence-corrected chi connectivity index (χ2v) is 6.88. The van der Waals surface area contributed by atoms with Crippen LogP contribution in [0, 0.1) is 0 Å². The van der Waals surface area contributed by atoms with Crippen LogP contribution in [0.5, 0.6) is 0 Å². The second-order valence-electron chi connectivity index (χ2n) is 6.88. The zero-order valence-corrected chi connectivity index (χ0v) is 15.0. The van der Waals surface area contributed by atoms with E-state index in [-0.39, 0.29) is 13.0 Å². The predicted octanol–water partition coefficient (Wildman–Crippen LogP) is 3.28. The number of hydrogen-bond donors (Lipinski definition) is 0. The lowest BCUT2D eigenvalue weighted by Gasteiger charge is -2.21. The summed E-state index contributed by atoms with van der Waals surface area (Å²) in [4.78, 5) is 12.4. The molecule has 0 amide bonds. The molecule has 1 saturated carbocycles. The minimum atomic E-state index is -1.81. The van der Waals surface area contributed by atoms with E-state index in [0.717, 1.165) is 5.56 Å². The number of esters is 1. The van der Waals surface area contributed by atoms with Crippen molar-refractivity contribution in [2.45, 2.75) is 36.7 Å². The molecule has 0 bridgehead atoms. The Kier molecular flexibility index (Phi) is 4.72. The maximum Gasteiger partial charge on any atom is 0.338 e. The molecule has 4 atom stereocenters. The summed E-state index contributed by atoms with van der Waals surface area (Å²) in [5.74, 6) is -0.591. The van der Waals surface area contributed by atoms with E-state index in [1.807, 2.05) is 30.3 Å². The Morgan fingerprint density at radius 1 is 1.15 bits per heavy atom. The fourth-order valence-corrected chi connectivity index (χ4v) is 3.61. The topological polar surface area (TPSA) is 54.0 Å². The van der Waals surface area contributed by atoms with Crippen molar-refractivity contribution in [2.75, 3.05) is 13.7 Å². The molecule has 142 valence electrons. The first-order chi connectivity index (χ1) is 13.1. The molecule has 1 saturated heterocycles. The number of carbonyl (C=O) groups excluding carboxylic acids is 1. The van der Waals surface area contributed by atoms with E-state index in [4.69, 9.17) is 18.9 Å². The maximum atomic E-state index is 15.5. The van der Waals surface area contributed by atoms with Crippen molar-refractivity contribution in [3.63, 3.8) is 0 Å². The lowest BCUT2D eigenvalue weighted by molar-refractivity contribution is -0.185. The van der Waals surface area contributed by atoms with Gasteiger partial charge in [-0.3, -0.25) is 0 Å². The molecule has 2 aliphatic rings. The molecule has 1 heterocycles. The van der Waals surface area contributed by atoms with E-state index in [9.17, 15) is 4.79 Å². The Balaban J connectivity index is 1.41. The van der Waals surface area contributed by atoms with Gasteiger partial charge in [0.2, 0.25) is 11.9 Å². The van der Waals surface area contributed by atoms with Crippen LogP contribution < -0.4 is 0 Å². The van der Waals surface area contributed by atoms with Gasteiger partial charge in [-0.25, -0.2) is 9.18 Å². The SMILES string of the molecule is CO[C@H]1O[C@H](COCc2ccccc2)[C@@]2(F)C[C@]12OC(=O)c1ccccc1. The van der Waals surface area contributed by atoms with E-state index in [2.05, 4.69) is 0 Å². The monoisotopic (exact) mass is 372 g/mol. The van der Waals surface area contributed by atoms with Gasteiger partial charge in [0.1, 0.15) is 6.10 Å². The summed E-state index contributed by atoms with van der Waals surface area (Å²) in [6.07, 6.45) is -1.77. The number of hydrogen-bond acceptors (Lipinski definition) is 5. The molecule has 1 aliphatic carbocycles. The van der Waals surface area contributed by atoms with Crippen LogP contribution in [0.25, 0.3) is 0 Å².